The molecule has 0 fully saturated rings. The molecule has 3 aromatic carbocycles. The van der Waals surface area contributed by atoms with Crippen molar-refractivity contribution in [2.45, 2.75) is 37.8 Å². The van der Waals surface area contributed by atoms with Crippen LogP contribution in [0.3, 0.4) is 0 Å². The lowest BCUT2D eigenvalue weighted by Gasteiger charge is -2.33. The first-order chi connectivity index (χ1) is 17.7. The van der Waals surface area contributed by atoms with Gasteiger partial charge in [-0.15, -0.1) is 0 Å². The number of nitrogens with one attached hydrogen (secondary N) is 1. The third-order valence-corrected chi connectivity index (χ3v) is 7.81. The smallest absolute Gasteiger partial charge is 0.264 e. The van der Waals surface area contributed by atoms with Crippen LogP contribution in [0.15, 0.2) is 83.8 Å². The summed E-state index contributed by atoms with van der Waals surface area (Å²) in [6.07, 6.45) is 0.318. The van der Waals surface area contributed by atoms with E-state index >= 15 is 0 Å². The van der Waals surface area contributed by atoms with Crippen LogP contribution in [0.1, 0.15) is 25.8 Å². The fourth-order valence-electron chi connectivity index (χ4n) is 3.88. The number of anilines is 1. The van der Waals surface area contributed by atoms with Gasteiger partial charge < -0.3 is 10.2 Å². The van der Waals surface area contributed by atoms with Gasteiger partial charge in [-0.1, -0.05) is 67.1 Å². The Morgan fingerprint density at radius 2 is 1.59 bits per heavy atom. The van der Waals surface area contributed by atoms with Crippen molar-refractivity contribution in [3.8, 4) is 0 Å². The van der Waals surface area contributed by atoms with E-state index in [1.54, 1.807) is 32.0 Å². The second kappa shape index (κ2) is 12.7. The molecule has 0 heterocycles. The zero-order valence-electron chi connectivity index (χ0n) is 20.6. The lowest BCUT2D eigenvalue weighted by Crippen LogP contribution is -2.52. The molecule has 2 amide bonds. The normalized spacial score (nSPS) is 12.0. The largest absolute Gasteiger partial charge is 0.355 e. The maximum Gasteiger partial charge on any atom is 0.264 e. The highest BCUT2D eigenvalue weighted by molar-refractivity contribution is 7.92. The van der Waals surface area contributed by atoms with E-state index in [4.69, 9.17) is 11.6 Å². The van der Waals surface area contributed by atoms with Crippen LogP contribution in [-0.4, -0.2) is 44.3 Å². The van der Waals surface area contributed by atoms with Crippen molar-refractivity contribution in [3.63, 3.8) is 0 Å². The first-order valence-corrected chi connectivity index (χ1v) is 13.6. The zero-order valence-corrected chi connectivity index (χ0v) is 22.2. The Kier molecular flexibility index (Phi) is 9.66. The Labute approximate surface area is 221 Å². The highest BCUT2D eigenvalue weighted by atomic mass is 35.5. The third-order valence-electron chi connectivity index (χ3n) is 5.73. The Hall–Kier alpha value is -3.43. The molecule has 0 aromatic heterocycles. The van der Waals surface area contributed by atoms with Crippen LogP contribution in [0.5, 0.6) is 0 Å². The summed E-state index contributed by atoms with van der Waals surface area (Å²) < 4.78 is 42.1. The standard InChI is InChI=1S/C27H29ClFN3O4S/c1-3-25(27(34)30-4-2)31(18-20-11-7-5-8-12-20)26(33)19-32(21-15-16-24(29)23(28)17-21)37(35,36)22-13-9-6-10-14-22/h5-17,25H,3-4,18-19H2,1-2H3,(H,30,34)/t25-/m1/s1. The summed E-state index contributed by atoms with van der Waals surface area (Å²) in [5, 5.41) is 2.46. The maximum absolute atomic E-state index is 13.9. The number of carbonyl (C=O) groups excluding carboxylic acids is 2. The predicted molar refractivity (Wildman–Crippen MR) is 142 cm³/mol. The molecule has 0 aliphatic rings. The number of carbonyl (C=O) groups is 2. The number of sulfonamides is 1. The van der Waals surface area contributed by atoms with Gasteiger partial charge in [0.1, 0.15) is 18.4 Å². The van der Waals surface area contributed by atoms with Gasteiger partial charge in [0.2, 0.25) is 11.8 Å². The summed E-state index contributed by atoms with van der Waals surface area (Å²) in [6, 6.07) is 19.3. The minimum Gasteiger partial charge on any atom is -0.355 e. The van der Waals surface area contributed by atoms with E-state index in [9.17, 15) is 22.4 Å². The number of benzene rings is 3. The number of nitrogens with zero attached hydrogens (tertiary/aromatic N) is 2. The average Bonchev–Trinajstić information content (AvgIpc) is 2.90. The van der Waals surface area contributed by atoms with Gasteiger partial charge in [-0.25, -0.2) is 12.8 Å². The van der Waals surface area contributed by atoms with Crippen molar-refractivity contribution < 1.29 is 22.4 Å². The molecule has 7 nitrogen and oxygen atoms in total. The number of hydrogen-bond donors (Lipinski definition) is 1. The summed E-state index contributed by atoms with van der Waals surface area (Å²) in [7, 11) is -4.24. The molecular formula is C27H29ClFN3O4S. The van der Waals surface area contributed by atoms with Crippen molar-refractivity contribution >= 4 is 39.1 Å². The first-order valence-electron chi connectivity index (χ1n) is 11.8. The van der Waals surface area contributed by atoms with Gasteiger partial charge >= 0.3 is 0 Å². The van der Waals surface area contributed by atoms with Crippen LogP contribution in [0.25, 0.3) is 0 Å². The Morgan fingerprint density at radius 3 is 2.16 bits per heavy atom. The van der Waals surface area contributed by atoms with Crippen LogP contribution in [0, 0.1) is 5.82 Å². The molecule has 0 unspecified atom stereocenters. The lowest BCUT2D eigenvalue weighted by molar-refractivity contribution is -0.140. The SMILES string of the molecule is CCNC(=O)[C@@H](CC)N(Cc1ccccc1)C(=O)CN(c1ccc(F)c(Cl)c1)S(=O)(=O)c1ccccc1. The van der Waals surface area contributed by atoms with Crippen molar-refractivity contribution in [1.82, 2.24) is 10.2 Å². The quantitative estimate of drug-likeness (QED) is 0.381. The summed E-state index contributed by atoms with van der Waals surface area (Å²) in [5.41, 5.74) is 0.801. The minimum absolute atomic E-state index is 0.0225. The monoisotopic (exact) mass is 545 g/mol. The van der Waals surface area contributed by atoms with Gasteiger partial charge in [-0.05, 0) is 49.2 Å². The molecule has 1 atom stereocenters. The summed E-state index contributed by atoms with van der Waals surface area (Å²) in [6.45, 7) is 3.41. The zero-order chi connectivity index (χ0) is 27.0. The van der Waals surface area contributed by atoms with E-state index in [1.807, 2.05) is 30.3 Å². The second-order valence-corrected chi connectivity index (χ2v) is 10.5. The van der Waals surface area contributed by atoms with Gasteiger partial charge in [0.25, 0.3) is 10.0 Å². The van der Waals surface area contributed by atoms with E-state index in [-0.39, 0.29) is 28.1 Å². The molecule has 0 aliphatic carbocycles. The van der Waals surface area contributed by atoms with Gasteiger partial charge in [-0.3, -0.25) is 13.9 Å². The van der Waals surface area contributed by atoms with Gasteiger partial charge in [0.05, 0.1) is 15.6 Å². The Bertz CT molecular complexity index is 1320. The van der Waals surface area contributed by atoms with Gasteiger partial charge in [0, 0.05) is 13.1 Å². The molecule has 0 radical (unpaired) electrons. The highest BCUT2D eigenvalue weighted by Crippen LogP contribution is 2.28. The summed E-state index contributed by atoms with van der Waals surface area (Å²) >= 11 is 5.96. The van der Waals surface area contributed by atoms with Crippen LogP contribution in [0.2, 0.25) is 5.02 Å². The molecule has 0 bridgehead atoms. The average molecular weight is 546 g/mol. The molecule has 3 rings (SSSR count). The van der Waals surface area contributed by atoms with Crippen molar-refractivity contribution in [3.05, 3.63) is 95.3 Å². The number of rotatable bonds is 11. The highest BCUT2D eigenvalue weighted by Gasteiger charge is 2.33. The molecule has 3 aromatic rings. The van der Waals surface area contributed by atoms with Crippen LogP contribution < -0.4 is 9.62 Å². The molecule has 1 N–H and O–H groups in total. The lowest BCUT2D eigenvalue weighted by atomic mass is 10.1. The summed E-state index contributed by atoms with van der Waals surface area (Å²) in [4.78, 5) is 28.0. The minimum atomic E-state index is -4.24. The number of likely N-dealkylation sites (N-methyl/N-ethyl adjacent to an activating group) is 1. The molecule has 0 saturated carbocycles. The van der Waals surface area contributed by atoms with Crippen molar-refractivity contribution in [1.29, 1.82) is 0 Å². The molecule has 10 heteroatoms. The van der Waals surface area contributed by atoms with Crippen molar-refractivity contribution in [2.75, 3.05) is 17.4 Å². The third kappa shape index (κ3) is 6.87. The van der Waals surface area contributed by atoms with Crippen LogP contribution >= 0.6 is 11.6 Å². The molecule has 37 heavy (non-hydrogen) atoms. The number of hydrogen-bond acceptors (Lipinski definition) is 4. The molecular weight excluding hydrogens is 517 g/mol. The van der Waals surface area contributed by atoms with E-state index < -0.39 is 34.3 Å². The van der Waals surface area contributed by atoms with Gasteiger partial charge in [-0.2, -0.15) is 0 Å². The second-order valence-electron chi connectivity index (χ2n) is 8.25. The number of amides is 2. The Morgan fingerprint density at radius 1 is 0.973 bits per heavy atom. The van der Waals surface area contributed by atoms with Crippen LogP contribution in [0.4, 0.5) is 10.1 Å². The molecule has 196 valence electrons. The predicted octanol–water partition coefficient (Wildman–Crippen LogP) is 4.62. The van der Waals surface area contributed by atoms with Crippen LogP contribution in [-0.2, 0) is 26.2 Å². The molecule has 0 saturated heterocycles. The van der Waals surface area contributed by atoms with E-state index in [1.165, 1.54) is 23.1 Å². The Balaban J connectivity index is 2.06. The maximum atomic E-state index is 13.9. The molecule has 0 aliphatic heterocycles. The number of halogens is 2. The van der Waals surface area contributed by atoms with Crippen molar-refractivity contribution in [2.24, 2.45) is 0 Å². The first kappa shape index (κ1) is 28.1. The molecule has 0 spiro atoms. The fraction of sp³-hybridized carbons (Fsp3) is 0.259. The topological polar surface area (TPSA) is 86.8 Å². The fourth-order valence-corrected chi connectivity index (χ4v) is 5.48. The van der Waals surface area contributed by atoms with Gasteiger partial charge in [0.15, 0.2) is 0 Å². The van der Waals surface area contributed by atoms with E-state index in [0.29, 0.717) is 13.0 Å². The summed E-state index contributed by atoms with van der Waals surface area (Å²) in [5.74, 6) is -1.65. The van der Waals surface area contributed by atoms with E-state index in [0.717, 1.165) is 22.0 Å². The van der Waals surface area contributed by atoms with E-state index in [2.05, 4.69) is 5.32 Å².